The van der Waals surface area contributed by atoms with Crippen molar-refractivity contribution in [2.24, 2.45) is 4.99 Å². The van der Waals surface area contributed by atoms with Crippen LogP contribution in [0.4, 0.5) is 5.95 Å². The Morgan fingerprint density at radius 2 is 2.09 bits per heavy atom. The summed E-state index contributed by atoms with van der Waals surface area (Å²) in [4.78, 5) is 26.4. The summed E-state index contributed by atoms with van der Waals surface area (Å²) in [7, 11) is 1.92. The number of hydrazine groups is 1. The molecule has 170 valence electrons. The molecule has 9 nitrogen and oxygen atoms in total. The van der Waals surface area contributed by atoms with Crippen molar-refractivity contribution in [3.63, 3.8) is 0 Å². The Morgan fingerprint density at radius 3 is 2.84 bits per heavy atom. The summed E-state index contributed by atoms with van der Waals surface area (Å²) in [5.74, 6) is 1.09. The van der Waals surface area contributed by atoms with Gasteiger partial charge in [-0.3, -0.25) is 9.20 Å². The first-order valence-electron chi connectivity index (χ1n) is 11.0. The van der Waals surface area contributed by atoms with Crippen LogP contribution in [0.15, 0.2) is 47.7 Å². The minimum Gasteiger partial charge on any atom is -0.350 e. The molecular weight excluding hydrogens is 404 g/mol. The van der Waals surface area contributed by atoms with E-state index >= 15 is 0 Å². The van der Waals surface area contributed by atoms with Gasteiger partial charge in [0, 0.05) is 48.7 Å². The lowest BCUT2D eigenvalue weighted by molar-refractivity contribution is 0.0949. The second-order valence-corrected chi connectivity index (χ2v) is 7.51. The van der Waals surface area contributed by atoms with E-state index in [0.29, 0.717) is 29.6 Å². The van der Waals surface area contributed by atoms with Gasteiger partial charge < -0.3 is 16.1 Å². The van der Waals surface area contributed by atoms with Crippen molar-refractivity contribution in [3.05, 3.63) is 48.3 Å². The van der Waals surface area contributed by atoms with Gasteiger partial charge >= 0.3 is 0 Å². The Labute approximate surface area is 188 Å². The minimum atomic E-state index is -0.103. The maximum absolute atomic E-state index is 12.7. The molecule has 0 saturated heterocycles. The summed E-state index contributed by atoms with van der Waals surface area (Å²) >= 11 is 0. The topological polar surface area (TPSA) is 108 Å². The molecule has 4 N–H and O–H groups in total. The first-order chi connectivity index (χ1) is 15.5. The Kier molecular flexibility index (Phi) is 8.29. The molecule has 1 amide bonds. The molecule has 1 atom stereocenters. The molecule has 1 aromatic carbocycles. The number of carbonyl (C=O) groups excluding carboxylic acids is 1. The van der Waals surface area contributed by atoms with Gasteiger partial charge in [0.1, 0.15) is 11.5 Å². The number of imidazole rings is 1. The van der Waals surface area contributed by atoms with Crippen LogP contribution in [0.5, 0.6) is 0 Å². The first-order valence-corrected chi connectivity index (χ1v) is 11.0. The minimum absolute atomic E-state index is 0.103. The highest BCUT2D eigenvalue weighted by Gasteiger charge is 2.13. The van der Waals surface area contributed by atoms with Gasteiger partial charge in [0.2, 0.25) is 5.95 Å². The van der Waals surface area contributed by atoms with Gasteiger partial charge in [-0.1, -0.05) is 32.4 Å². The maximum Gasteiger partial charge on any atom is 0.251 e. The van der Waals surface area contributed by atoms with Crippen LogP contribution in [0, 0.1) is 0 Å². The number of hydrogen-bond acceptors (Lipinski definition) is 6. The van der Waals surface area contributed by atoms with Gasteiger partial charge in [0.15, 0.2) is 0 Å². The molecule has 0 radical (unpaired) electrons. The lowest BCUT2D eigenvalue weighted by atomic mass is 10.1. The highest BCUT2D eigenvalue weighted by Crippen LogP contribution is 2.23. The third-order valence-electron chi connectivity index (χ3n) is 5.06. The summed E-state index contributed by atoms with van der Waals surface area (Å²) in [6.07, 6.45) is 5.61. The number of aliphatic imine (C=N–C) groups is 1. The Bertz CT molecular complexity index is 1070. The maximum atomic E-state index is 12.7. The molecule has 2 heterocycles. The number of nitrogens with zero attached hydrogens (tertiary/aromatic N) is 4. The van der Waals surface area contributed by atoms with E-state index in [9.17, 15) is 4.79 Å². The molecule has 0 fully saturated rings. The van der Waals surface area contributed by atoms with E-state index in [1.165, 1.54) is 0 Å². The number of aromatic nitrogens is 3. The zero-order valence-corrected chi connectivity index (χ0v) is 19.1. The zero-order chi connectivity index (χ0) is 22.9. The fourth-order valence-electron chi connectivity index (χ4n) is 3.36. The molecule has 1 unspecified atom stereocenters. The molecular formula is C23H32N8O. The lowest BCUT2D eigenvalue weighted by Gasteiger charge is -2.16. The Balaban J connectivity index is 1.87. The predicted octanol–water partition coefficient (Wildman–Crippen LogP) is 2.68. The van der Waals surface area contributed by atoms with Crippen molar-refractivity contribution in [2.75, 3.05) is 20.1 Å². The molecule has 0 spiro atoms. The van der Waals surface area contributed by atoms with E-state index in [1.54, 1.807) is 6.20 Å². The van der Waals surface area contributed by atoms with Gasteiger partial charge in [0.05, 0.1) is 5.69 Å². The average Bonchev–Trinajstić information content (AvgIpc) is 3.29. The van der Waals surface area contributed by atoms with Crippen LogP contribution in [0.25, 0.3) is 16.9 Å². The van der Waals surface area contributed by atoms with Gasteiger partial charge in [-0.25, -0.2) is 15.4 Å². The van der Waals surface area contributed by atoms with Gasteiger partial charge in [-0.2, -0.15) is 4.99 Å². The fraction of sp³-hybridized carbons (Fsp3) is 0.391. The van der Waals surface area contributed by atoms with E-state index in [0.717, 1.165) is 30.6 Å². The van der Waals surface area contributed by atoms with Crippen molar-refractivity contribution in [2.45, 2.75) is 39.7 Å². The van der Waals surface area contributed by atoms with Gasteiger partial charge in [-0.05, 0) is 32.5 Å². The summed E-state index contributed by atoms with van der Waals surface area (Å²) in [5.41, 5.74) is 8.91. The van der Waals surface area contributed by atoms with Crippen molar-refractivity contribution in [1.82, 2.24) is 35.9 Å². The predicted molar refractivity (Wildman–Crippen MR) is 128 cm³/mol. The standard InChI is InChI=1S/C23H32N8O/c1-5-8-19(24-4)15-26-22(32)18-10-7-9-17(13-18)20-14-21-25-11-12-31(21)23(29-20)28-16(3)30-27-6-2/h7,9-14,19,24,27H,5-6,8,15H2,1-4H3,(H,26,32)(H,28,29,30). The third kappa shape index (κ3) is 5.89. The van der Waals surface area contributed by atoms with Crippen molar-refractivity contribution < 1.29 is 4.79 Å². The molecule has 2 aromatic heterocycles. The molecule has 0 saturated carbocycles. The number of carbonyl (C=O) groups is 1. The quantitative estimate of drug-likeness (QED) is 0.221. The highest BCUT2D eigenvalue weighted by atomic mass is 16.1. The van der Waals surface area contributed by atoms with Crippen LogP contribution < -0.4 is 21.5 Å². The SMILES string of the molecule is CCCC(CNC(=O)c1cccc(-c2cc3nccn3c(/N=C(\C)NNCC)n2)c1)NC. The molecule has 0 aliphatic heterocycles. The van der Waals surface area contributed by atoms with E-state index < -0.39 is 0 Å². The summed E-state index contributed by atoms with van der Waals surface area (Å²) in [6, 6.07) is 9.61. The van der Waals surface area contributed by atoms with Crippen LogP contribution >= 0.6 is 0 Å². The van der Waals surface area contributed by atoms with Crippen molar-refractivity contribution >= 4 is 23.3 Å². The second-order valence-electron chi connectivity index (χ2n) is 7.51. The van der Waals surface area contributed by atoms with Gasteiger partial charge in [-0.15, -0.1) is 0 Å². The molecule has 3 rings (SSSR count). The number of amidine groups is 1. The van der Waals surface area contributed by atoms with Crippen LogP contribution in [0.2, 0.25) is 0 Å². The molecule has 0 aliphatic carbocycles. The number of benzene rings is 1. The second kappa shape index (κ2) is 11.4. The largest absolute Gasteiger partial charge is 0.350 e. The normalized spacial score (nSPS) is 12.7. The lowest BCUT2D eigenvalue weighted by Crippen LogP contribution is -2.39. The summed E-state index contributed by atoms with van der Waals surface area (Å²) < 4.78 is 1.82. The van der Waals surface area contributed by atoms with Crippen LogP contribution in [-0.2, 0) is 0 Å². The van der Waals surface area contributed by atoms with Gasteiger partial charge in [0.25, 0.3) is 5.91 Å². The number of rotatable bonds is 10. The average molecular weight is 437 g/mol. The van der Waals surface area contributed by atoms with Crippen molar-refractivity contribution in [3.8, 4) is 11.3 Å². The van der Waals surface area contributed by atoms with Crippen LogP contribution in [0.1, 0.15) is 44.0 Å². The van der Waals surface area contributed by atoms with Crippen LogP contribution in [0.3, 0.4) is 0 Å². The number of likely N-dealkylation sites (N-methyl/N-ethyl adjacent to an activating group) is 1. The van der Waals surface area contributed by atoms with Crippen LogP contribution in [-0.4, -0.2) is 52.3 Å². The summed E-state index contributed by atoms with van der Waals surface area (Å²) in [6.45, 7) is 7.35. The fourth-order valence-corrected chi connectivity index (χ4v) is 3.36. The number of nitrogens with one attached hydrogen (secondary N) is 4. The Morgan fingerprint density at radius 1 is 1.25 bits per heavy atom. The number of amides is 1. The van der Waals surface area contributed by atoms with E-state index in [2.05, 4.69) is 38.4 Å². The molecule has 32 heavy (non-hydrogen) atoms. The number of fused-ring (bicyclic) bond motifs is 1. The van der Waals surface area contributed by atoms with Crippen molar-refractivity contribution in [1.29, 1.82) is 0 Å². The van der Waals surface area contributed by atoms with E-state index in [-0.39, 0.29) is 11.9 Å². The first kappa shape index (κ1) is 23.4. The molecule has 9 heteroatoms. The number of hydrogen-bond donors (Lipinski definition) is 4. The third-order valence-corrected chi connectivity index (χ3v) is 5.06. The monoisotopic (exact) mass is 436 g/mol. The Hall–Kier alpha value is -3.30. The summed E-state index contributed by atoms with van der Waals surface area (Å²) in [5, 5.41) is 6.26. The smallest absolute Gasteiger partial charge is 0.251 e. The highest BCUT2D eigenvalue weighted by molar-refractivity contribution is 5.95. The zero-order valence-electron chi connectivity index (χ0n) is 19.1. The van der Waals surface area contributed by atoms with E-state index in [1.807, 2.05) is 61.8 Å². The molecule has 3 aromatic rings. The molecule has 0 bridgehead atoms. The van der Waals surface area contributed by atoms with E-state index in [4.69, 9.17) is 4.98 Å². The molecule has 0 aliphatic rings.